The minimum atomic E-state index is -0.371. The molecule has 114 valence electrons. The third kappa shape index (κ3) is 4.16. The summed E-state index contributed by atoms with van der Waals surface area (Å²) in [5, 5.41) is 15.0. The lowest BCUT2D eigenvalue weighted by Crippen LogP contribution is -2.24. The van der Waals surface area contributed by atoms with Crippen LogP contribution in [0.3, 0.4) is 0 Å². The number of oxime groups is 1. The molecule has 0 saturated heterocycles. The van der Waals surface area contributed by atoms with Gasteiger partial charge in [0, 0.05) is 6.54 Å². The van der Waals surface area contributed by atoms with Gasteiger partial charge in [-0.25, -0.2) is 9.97 Å². The van der Waals surface area contributed by atoms with Crippen molar-refractivity contribution in [3.05, 3.63) is 57.1 Å². The Kier molecular flexibility index (Phi) is 5.30. The monoisotopic (exact) mass is 338 g/mol. The van der Waals surface area contributed by atoms with E-state index in [-0.39, 0.29) is 18.1 Å². The zero-order chi connectivity index (χ0) is 16.1. The van der Waals surface area contributed by atoms with Gasteiger partial charge >= 0.3 is 0 Å². The number of rotatable bonds is 4. The van der Waals surface area contributed by atoms with Crippen LogP contribution in [0, 0.1) is 6.92 Å². The molecule has 0 spiro atoms. The summed E-state index contributed by atoms with van der Waals surface area (Å²) < 4.78 is 0. The number of benzene rings is 1. The summed E-state index contributed by atoms with van der Waals surface area (Å²) in [7, 11) is 0. The third-order valence-electron chi connectivity index (χ3n) is 2.72. The summed E-state index contributed by atoms with van der Waals surface area (Å²) in [6.45, 7) is 1.92. The van der Waals surface area contributed by atoms with Gasteiger partial charge in [-0.1, -0.05) is 34.4 Å². The number of hydrogen-bond acceptors (Lipinski definition) is 5. The van der Waals surface area contributed by atoms with E-state index in [4.69, 9.17) is 28.4 Å². The number of halogens is 2. The molecule has 0 atom stereocenters. The Labute approximate surface area is 136 Å². The number of carbonyl (C=O) groups is 1. The molecule has 0 radical (unpaired) electrons. The van der Waals surface area contributed by atoms with Gasteiger partial charge in [-0.05, 0) is 30.7 Å². The van der Waals surface area contributed by atoms with Crippen LogP contribution in [0.1, 0.15) is 27.6 Å². The first kappa shape index (κ1) is 16.2. The number of hydrogen-bond donors (Lipinski definition) is 2. The molecule has 6 nitrogen and oxygen atoms in total. The van der Waals surface area contributed by atoms with Crippen molar-refractivity contribution in [2.24, 2.45) is 5.16 Å². The molecule has 0 aliphatic heterocycles. The molecule has 0 aliphatic carbocycles. The van der Waals surface area contributed by atoms with E-state index in [1.54, 1.807) is 25.1 Å². The van der Waals surface area contributed by atoms with Crippen molar-refractivity contribution in [1.29, 1.82) is 0 Å². The van der Waals surface area contributed by atoms with E-state index in [0.29, 0.717) is 21.6 Å². The molecule has 0 unspecified atom stereocenters. The molecule has 8 heteroatoms. The predicted molar refractivity (Wildman–Crippen MR) is 83.8 cm³/mol. The molecule has 1 aromatic heterocycles. The fraction of sp³-hybridized carbons (Fsp3) is 0.143. The fourth-order valence-corrected chi connectivity index (χ4v) is 2.08. The zero-order valence-corrected chi connectivity index (χ0v) is 13.1. The Balaban J connectivity index is 2.10. The van der Waals surface area contributed by atoms with Crippen molar-refractivity contribution < 1.29 is 10.0 Å². The summed E-state index contributed by atoms with van der Waals surface area (Å²) in [6, 6.07) is 6.54. The van der Waals surface area contributed by atoms with Crippen LogP contribution in [-0.4, -0.2) is 27.3 Å². The molecular formula is C14H12Cl2N4O2. The lowest BCUT2D eigenvalue weighted by atomic mass is 10.2. The van der Waals surface area contributed by atoms with Crippen LogP contribution in [0.5, 0.6) is 0 Å². The number of aromatic nitrogens is 2. The van der Waals surface area contributed by atoms with E-state index in [2.05, 4.69) is 20.4 Å². The lowest BCUT2D eigenvalue weighted by Gasteiger charge is -2.07. The normalized spacial score (nSPS) is 10.9. The topological polar surface area (TPSA) is 87.5 Å². The molecule has 22 heavy (non-hydrogen) atoms. The van der Waals surface area contributed by atoms with E-state index in [1.807, 2.05) is 0 Å². The predicted octanol–water partition coefficient (Wildman–Crippen LogP) is 2.83. The van der Waals surface area contributed by atoms with Crippen molar-refractivity contribution in [3.8, 4) is 0 Å². The van der Waals surface area contributed by atoms with E-state index >= 15 is 0 Å². The summed E-state index contributed by atoms with van der Waals surface area (Å²) >= 11 is 11.8. The second-order valence-electron chi connectivity index (χ2n) is 4.40. The van der Waals surface area contributed by atoms with Crippen LogP contribution in [-0.2, 0) is 6.54 Å². The van der Waals surface area contributed by atoms with Gasteiger partial charge in [0.15, 0.2) is 0 Å². The SMILES string of the molecule is Cc1nc(/C=N/O)cc(C(=O)NCc2ccc(Cl)c(Cl)c2)n1. The number of aryl methyl sites for hydroxylation is 1. The molecular weight excluding hydrogens is 327 g/mol. The Morgan fingerprint density at radius 1 is 1.32 bits per heavy atom. The van der Waals surface area contributed by atoms with Crippen molar-refractivity contribution in [2.75, 3.05) is 0 Å². The maximum Gasteiger partial charge on any atom is 0.270 e. The highest BCUT2D eigenvalue weighted by Crippen LogP contribution is 2.22. The average molecular weight is 339 g/mol. The van der Waals surface area contributed by atoms with E-state index in [1.165, 1.54) is 6.07 Å². The molecule has 1 heterocycles. The lowest BCUT2D eigenvalue weighted by molar-refractivity contribution is 0.0945. The molecule has 1 amide bonds. The number of nitrogens with zero attached hydrogens (tertiary/aromatic N) is 3. The molecule has 2 N–H and O–H groups in total. The number of nitrogens with one attached hydrogen (secondary N) is 1. The highest BCUT2D eigenvalue weighted by molar-refractivity contribution is 6.42. The van der Waals surface area contributed by atoms with Crippen LogP contribution in [0.2, 0.25) is 10.0 Å². The van der Waals surface area contributed by atoms with Crippen LogP contribution in [0.15, 0.2) is 29.4 Å². The zero-order valence-electron chi connectivity index (χ0n) is 11.5. The minimum Gasteiger partial charge on any atom is -0.411 e. The van der Waals surface area contributed by atoms with Crippen LogP contribution < -0.4 is 5.32 Å². The van der Waals surface area contributed by atoms with Gasteiger partial charge < -0.3 is 10.5 Å². The van der Waals surface area contributed by atoms with Crippen molar-refractivity contribution >= 4 is 35.3 Å². The van der Waals surface area contributed by atoms with E-state index in [9.17, 15) is 4.79 Å². The van der Waals surface area contributed by atoms with E-state index in [0.717, 1.165) is 11.8 Å². The molecule has 1 aromatic carbocycles. The largest absolute Gasteiger partial charge is 0.411 e. The van der Waals surface area contributed by atoms with Crippen LogP contribution >= 0.6 is 23.2 Å². The third-order valence-corrected chi connectivity index (χ3v) is 3.46. The van der Waals surface area contributed by atoms with Gasteiger partial charge in [0.2, 0.25) is 0 Å². The van der Waals surface area contributed by atoms with Crippen LogP contribution in [0.25, 0.3) is 0 Å². The first-order chi connectivity index (χ1) is 10.5. The smallest absolute Gasteiger partial charge is 0.270 e. The minimum absolute atomic E-state index is 0.183. The average Bonchev–Trinajstić information content (AvgIpc) is 2.48. The van der Waals surface area contributed by atoms with Gasteiger partial charge in [-0.2, -0.15) is 0 Å². The van der Waals surface area contributed by atoms with E-state index < -0.39 is 0 Å². The Bertz CT molecular complexity index is 735. The molecule has 2 rings (SSSR count). The van der Waals surface area contributed by atoms with Gasteiger partial charge in [-0.3, -0.25) is 4.79 Å². The van der Waals surface area contributed by atoms with Crippen molar-refractivity contribution in [3.63, 3.8) is 0 Å². The molecule has 0 bridgehead atoms. The maximum absolute atomic E-state index is 12.1. The van der Waals surface area contributed by atoms with Gasteiger partial charge in [-0.15, -0.1) is 0 Å². The maximum atomic E-state index is 12.1. The Morgan fingerprint density at radius 2 is 2.09 bits per heavy atom. The van der Waals surface area contributed by atoms with Gasteiger partial charge in [0.1, 0.15) is 11.5 Å². The molecule has 2 aromatic rings. The molecule has 0 fully saturated rings. The second kappa shape index (κ2) is 7.20. The number of amides is 1. The van der Waals surface area contributed by atoms with Crippen molar-refractivity contribution in [2.45, 2.75) is 13.5 Å². The summed E-state index contributed by atoms with van der Waals surface area (Å²) in [6.07, 6.45) is 1.13. The Hall–Kier alpha value is -2.18. The Morgan fingerprint density at radius 3 is 2.77 bits per heavy atom. The molecule has 0 saturated carbocycles. The van der Waals surface area contributed by atoms with Crippen LogP contribution in [0.4, 0.5) is 0 Å². The highest BCUT2D eigenvalue weighted by Gasteiger charge is 2.10. The van der Waals surface area contributed by atoms with Gasteiger partial charge in [0.05, 0.1) is 22.0 Å². The second-order valence-corrected chi connectivity index (χ2v) is 5.22. The first-order valence-electron chi connectivity index (χ1n) is 6.25. The van der Waals surface area contributed by atoms with Gasteiger partial charge in [0.25, 0.3) is 5.91 Å². The summed E-state index contributed by atoms with van der Waals surface area (Å²) in [4.78, 5) is 20.2. The molecule has 0 aliphatic rings. The van der Waals surface area contributed by atoms with Crippen molar-refractivity contribution in [1.82, 2.24) is 15.3 Å². The fourth-order valence-electron chi connectivity index (χ4n) is 1.75. The summed E-state index contributed by atoms with van der Waals surface area (Å²) in [5.74, 6) is 0.0289. The quantitative estimate of drug-likeness (QED) is 0.509. The first-order valence-corrected chi connectivity index (χ1v) is 7.00. The standard InChI is InChI=1S/C14H12Cl2N4O2/c1-8-19-10(7-18-22)5-13(20-8)14(21)17-6-9-2-3-11(15)12(16)4-9/h2-5,7,22H,6H2,1H3,(H,17,21)/b18-7+. The summed E-state index contributed by atoms with van der Waals surface area (Å²) in [5.41, 5.74) is 1.34. The number of carbonyl (C=O) groups excluding carboxylic acids is 1. The highest BCUT2D eigenvalue weighted by atomic mass is 35.5.